The van der Waals surface area contributed by atoms with Gasteiger partial charge in [0.2, 0.25) is 0 Å². The number of fused-ring (bicyclic) bond motifs is 1. The van der Waals surface area contributed by atoms with E-state index in [1.165, 1.54) is 0 Å². The molecule has 154 valence electrons. The summed E-state index contributed by atoms with van der Waals surface area (Å²) in [5.74, 6) is -0.475. The molecule has 5 rings (SSSR count). The topological polar surface area (TPSA) is 112 Å². The van der Waals surface area contributed by atoms with E-state index in [1.807, 2.05) is 23.1 Å². The predicted molar refractivity (Wildman–Crippen MR) is 107 cm³/mol. The van der Waals surface area contributed by atoms with E-state index in [0.29, 0.717) is 30.1 Å². The second-order valence-electron chi connectivity index (χ2n) is 7.22. The van der Waals surface area contributed by atoms with Gasteiger partial charge in [-0.15, -0.1) is 0 Å². The van der Waals surface area contributed by atoms with Crippen molar-refractivity contribution >= 4 is 11.5 Å². The molecule has 0 saturated heterocycles. The van der Waals surface area contributed by atoms with Crippen LogP contribution in [0, 0.1) is 0 Å². The van der Waals surface area contributed by atoms with Crippen LogP contribution >= 0.6 is 0 Å². The summed E-state index contributed by atoms with van der Waals surface area (Å²) in [6, 6.07) is 3.87. The van der Waals surface area contributed by atoms with Crippen LogP contribution in [-0.2, 0) is 9.47 Å². The Labute approximate surface area is 171 Å². The number of H-pyrrole nitrogens is 1. The highest BCUT2D eigenvalue weighted by molar-refractivity contribution is 5.88. The summed E-state index contributed by atoms with van der Waals surface area (Å²) < 4.78 is 14.1. The molecule has 0 bridgehead atoms. The average molecular weight is 407 g/mol. The van der Waals surface area contributed by atoms with Gasteiger partial charge in [0.05, 0.1) is 54.2 Å². The lowest BCUT2D eigenvalue weighted by atomic mass is 9.89. The van der Waals surface area contributed by atoms with E-state index in [-0.39, 0.29) is 5.69 Å². The van der Waals surface area contributed by atoms with Gasteiger partial charge in [-0.05, 0) is 25.8 Å². The Balaban J connectivity index is 1.50. The van der Waals surface area contributed by atoms with Crippen LogP contribution in [-0.4, -0.2) is 60.4 Å². The number of aromatic nitrogens is 7. The Morgan fingerprint density at radius 3 is 2.97 bits per heavy atom. The average Bonchev–Trinajstić information content (AvgIpc) is 3.46. The summed E-state index contributed by atoms with van der Waals surface area (Å²) in [5, 5.41) is 15.8. The number of esters is 1. The molecule has 0 atom stereocenters. The second kappa shape index (κ2) is 7.38. The van der Waals surface area contributed by atoms with Crippen LogP contribution in [0.3, 0.4) is 0 Å². The van der Waals surface area contributed by atoms with E-state index in [2.05, 4.69) is 20.4 Å². The molecule has 0 amide bonds. The number of ether oxygens (including phenoxy) is 2. The van der Waals surface area contributed by atoms with E-state index in [4.69, 9.17) is 14.5 Å². The van der Waals surface area contributed by atoms with E-state index in [0.717, 1.165) is 29.6 Å². The standard InChI is InChI=1S/C20H21N7O3/c1-3-30-20(28)16-8-15(24-25-16)17-11-27-18(4-5-21-27)19(23-17)12-9-22-26(10-12)13-6-14(7-13)29-2/h4-5,8-11,13-14H,3,6-7H2,1-2H3,(H,24,25)/t13-,14-. The molecule has 0 aromatic carbocycles. The Morgan fingerprint density at radius 2 is 2.17 bits per heavy atom. The molecule has 0 unspecified atom stereocenters. The normalized spacial score (nSPS) is 18.5. The maximum absolute atomic E-state index is 11.9. The first kappa shape index (κ1) is 18.5. The zero-order valence-electron chi connectivity index (χ0n) is 16.6. The molecule has 10 nitrogen and oxygen atoms in total. The number of nitrogens with one attached hydrogen (secondary N) is 1. The van der Waals surface area contributed by atoms with Gasteiger partial charge < -0.3 is 9.47 Å². The smallest absolute Gasteiger partial charge is 0.358 e. The molecular formula is C20H21N7O3. The van der Waals surface area contributed by atoms with Gasteiger partial charge in [-0.3, -0.25) is 9.78 Å². The van der Waals surface area contributed by atoms with Crippen molar-refractivity contribution in [3.8, 4) is 22.6 Å². The molecule has 1 aliphatic carbocycles. The first-order valence-electron chi connectivity index (χ1n) is 9.81. The van der Waals surface area contributed by atoms with E-state index in [1.54, 1.807) is 37.0 Å². The third-order valence-electron chi connectivity index (χ3n) is 5.38. The molecular weight excluding hydrogens is 386 g/mol. The van der Waals surface area contributed by atoms with E-state index in [9.17, 15) is 4.79 Å². The van der Waals surface area contributed by atoms with Crippen molar-refractivity contribution in [3.63, 3.8) is 0 Å². The summed E-state index contributed by atoms with van der Waals surface area (Å²) in [6.07, 6.45) is 9.56. The highest BCUT2D eigenvalue weighted by Crippen LogP contribution is 2.35. The number of hydrogen-bond donors (Lipinski definition) is 1. The van der Waals surface area contributed by atoms with Crippen LogP contribution in [0.5, 0.6) is 0 Å². The lowest BCUT2D eigenvalue weighted by Gasteiger charge is -2.34. The molecule has 4 heterocycles. The molecule has 4 aromatic rings. The van der Waals surface area contributed by atoms with Gasteiger partial charge in [0.25, 0.3) is 0 Å². The van der Waals surface area contributed by atoms with Crippen molar-refractivity contribution in [1.82, 2.24) is 34.6 Å². The van der Waals surface area contributed by atoms with Crippen molar-refractivity contribution in [1.29, 1.82) is 0 Å². The lowest BCUT2D eigenvalue weighted by Crippen LogP contribution is -2.32. The van der Waals surface area contributed by atoms with Crippen LogP contribution in [0.4, 0.5) is 0 Å². The van der Waals surface area contributed by atoms with E-state index >= 15 is 0 Å². The minimum Gasteiger partial charge on any atom is -0.461 e. The highest BCUT2D eigenvalue weighted by atomic mass is 16.5. The third kappa shape index (κ3) is 3.14. The molecule has 4 aromatic heterocycles. The number of carbonyl (C=O) groups excluding carboxylic acids is 1. The van der Waals surface area contributed by atoms with Crippen LogP contribution in [0.25, 0.3) is 28.2 Å². The van der Waals surface area contributed by atoms with Crippen molar-refractivity contribution < 1.29 is 14.3 Å². The summed E-state index contributed by atoms with van der Waals surface area (Å²) >= 11 is 0. The molecule has 0 radical (unpaired) electrons. The van der Waals surface area contributed by atoms with Crippen molar-refractivity contribution in [2.75, 3.05) is 13.7 Å². The lowest BCUT2D eigenvalue weighted by molar-refractivity contribution is 0.00250. The Hall–Kier alpha value is -3.53. The fourth-order valence-electron chi connectivity index (χ4n) is 3.64. The third-order valence-corrected chi connectivity index (χ3v) is 5.38. The number of hydrogen-bond acceptors (Lipinski definition) is 7. The van der Waals surface area contributed by atoms with Gasteiger partial charge >= 0.3 is 5.97 Å². The van der Waals surface area contributed by atoms with Gasteiger partial charge in [-0.2, -0.15) is 15.3 Å². The summed E-state index contributed by atoms with van der Waals surface area (Å²) in [5.41, 5.74) is 3.94. The number of methoxy groups -OCH3 is 1. The van der Waals surface area contributed by atoms with Crippen molar-refractivity contribution in [3.05, 3.63) is 42.6 Å². The van der Waals surface area contributed by atoms with Gasteiger partial charge in [0.1, 0.15) is 5.69 Å². The number of carbonyl (C=O) groups is 1. The van der Waals surface area contributed by atoms with Crippen molar-refractivity contribution in [2.45, 2.75) is 31.9 Å². The Bertz CT molecular complexity index is 1200. The first-order valence-corrected chi connectivity index (χ1v) is 9.81. The van der Waals surface area contributed by atoms with Gasteiger partial charge in [-0.25, -0.2) is 14.3 Å². The molecule has 1 saturated carbocycles. The summed E-state index contributed by atoms with van der Waals surface area (Å²) in [7, 11) is 1.74. The molecule has 30 heavy (non-hydrogen) atoms. The maximum Gasteiger partial charge on any atom is 0.358 e. The summed E-state index contributed by atoms with van der Waals surface area (Å²) in [6.45, 7) is 2.04. The quantitative estimate of drug-likeness (QED) is 0.489. The zero-order chi connectivity index (χ0) is 20.7. The van der Waals surface area contributed by atoms with Crippen LogP contribution < -0.4 is 0 Å². The van der Waals surface area contributed by atoms with Crippen LogP contribution in [0.15, 0.2) is 36.9 Å². The number of nitrogens with zero attached hydrogens (tertiary/aromatic N) is 6. The minimum atomic E-state index is -0.475. The predicted octanol–water partition coefficient (Wildman–Crippen LogP) is 2.51. The maximum atomic E-state index is 11.9. The molecule has 1 fully saturated rings. The largest absolute Gasteiger partial charge is 0.461 e. The zero-order valence-corrected chi connectivity index (χ0v) is 16.6. The second-order valence-corrected chi connectivity index (χ2v) is 7.22. The molecule has 10 heteroatoms. The molecule has 0 aliphatic heterocycles. The van der Waals surface area contributed by atoms with Crippen molar-refractivity contribution in [2.24, 2.45) is 0 Å². The fourth-order valence-corrected chi connectivity index (χ4v) is 3.64. The van der Waals surface area contributed by atoms with Crippen LogP contribution in [0.2, 0.25) is 0 Å². The minimum absolute atomic E-state index is 0.210. The van der Waals surface area contributed by atoms with Crippen LogP contribution in [0.1, 0.15) is 36.3 Å². The van der Waals surface area contributed by atoms with Gasteiger partial charge in [-0.1, -0.05) is 0 Å². The SMILES string of the molecule is CCOC(=O)c1cc(-c2cn3nccc3c(-c3cnn([C@H]4C[C@H](OC)C4)c3)n2)[nH]n1. The van der Waals surface area contributed by atoms with Gasteiger partial charge in [0, 0.05) is 24.9 Å². The number of aromatic amines is 1. The fraction of sp³-hybridized carbons (Fsp3) is 0.350. The first-order chi connectivity index (χ1) is 14.7. The molecule has 1 N–H and O–H groups in total. The summed E-state index contributed by atoms with van der Waals surface area (Å²) in [4.78, 5) is 16.7. The van der Waals surface area contributed by atoms with E-state index < -0.39 is 5.97 Å². The van der Waals surface area contributed by atoms with Gasteiger partial charge in [0.15, 0.2) is 5.69 Å². The highest BCUT2D eigenvalue weighted by Gasteiger charge is 2.31. The number of rotatable bonds is 6. The Morgan fingerprint density at radius 1 is 1.30 bits per heavy atom. The monoisotopic (exact) mass is 407 g/mol. The molecule has 0 spiro atoms. The molecule has 1 aliphatic rings. The Kier molecular flexibility index (Phi) is 4.55.